The molecule has 0 radical (unpaired) electrons. The van der Waals surface area contributed by atoms with Crippen LogP contribution in [0.15, 0.2) is 18.2 Å². The minimum atomic E-state index is -0.568. The van der Waals surface area contributed by atoms with Gasteiger partial charge in [0.15, 0.2) is 0 Å². The Morgan fingerprint density at radius 2 is 1.94 bits per heavy atom. The summed E-state index contributed by atoms with van der Waals surface area (Å²) in [4.78, 5) is 0. The van der Waals surface area contributed by atoms with Crippen molar-refractivity contribution in [2.45, 2.75) is 25.8 Å². The van der Waals surface area contributed by atoms with Gasteiger partial charge in [0, 0.05) is 18.2 Å². The van der Waals surface area contributed by atoms with Gasteiger partial charge < -0.3 is 10.4 Å². The summed E-state index contributed by atoms with van der Waals surface area (Å²) < 4.78 is 27.0. The third-order valence-corrected chi connectivity index (χ3v) is 2.41. The molecular weight excluding hydrogens is 212 g/mol. The van der Waals surface area contributed by atoms with E-state index in [1.165, 1.54) is 18.2 Å². The van der Waals surface area contributed by atoms with Gasteiger partial charge in [-0.2, -0.15) is 0 Å². The Morgan fingerprint density at radius 1 is 1.31 bits per heavy atom. The molecule has 0 amide bonds. The summed E-state index contributed by atoms with van der Waals surface area (Å²) in [5, 5.41) is 11.9. The van der Waals surface area contributed by atoms with Crippen LogP contribution in [0.1, 0.15) is 31.4 Å². The molecule has 0 saturated carbocycles. The van der Waals surface area contributed by atoms with Gasteiger partial charge in [0.1, 0.15) is 11.6 Å². The van der Waals surface area contributed by atoms with E-state index in [-0.39, 0.29) is 12.2 Å². The monoisotopic (exact) mass is 229 g/mol. The topological polar surface area (TPSA) is 32.3 Å². The van der Waals surface area contributed by atoms with Crippen LogP contribution in [0.2, 0.25) is 0 Å². The molecule has 2 N–H and O–H groups in total. The Hall–Kier alpha value is -1.00. The van der Waals surface area contributed by atoms with Gasteiger partial charge in [0.05, 0.1) is 0 Å². The van der Waals surface area contributed by atoms with Crippen molar-refractivity contribution in [3.8, 4) is 0 Å². The van der Waals surface area contributed by atoms with Crippen molar-refractivity contribution < 1.29 is 13.9 Å². The van der Waals surface area contributed by atoms with Crippen LogP contribution in [-0.2, 0) is 0 Å². The molecule has 90 valence electrons. The minimum absolute atomic E-state index is 0.0185. The first kappa shape index (κ1) is 13.1. The lowest BCUT2D eigenvalue weighted by atomic mass is 10.0. The minimum Gasteiger partial charge on any atom is -0.396 e. The Balaban J connectivity index is 2.90. The zero-order valence-electron chi connectivity index (χ0n) is 9.34. The Labute approximate surface area is 94.3 Å². The van der Waals surface area contributed by atoms with E-state index in [2.05, 4.69) is 5.32 Å². The van der Waals surface area contributed by atoms with Gasteiger partial charge in [-0.1, -0.05) is 13.0 Å². The molecule has 0 aromatic heterocycles. The summed E-state index contributed by atoms with van der Waals surface area (Å²) in [6, 6.07) is 3.34. The SMILES string of the molecule is CCCNC(CCO)c1c(F)cccc1F. The lowest BCUT2D eigenvalue weighted by molar-refractivity contribution is 0.262. The molecule has 0 saturated heterocycles. The summed E-state index contributed by atoms with van der Waals surface area (Å²) in [7, 11) is 0. The van der Waals surface area contributed by atoms with E-state index >= 15 is 0 Å². The van der Waals surface area contributed by atoms with Crippen LogP contribution in [0, 0.1) is 11.6 Å². The largest absolute Gasteiger partial charge is 0.396 e. The van der Waals surface area contributed by atoms with Crippen molar-refractivity contribution in [1.82, 2.24) is 5.32 Å². The maximum Gasteiger partial charge on any atom is 0.130 e. The number of hydrogen-bond acceptors (Lipinski definition) is 2. The maximum absolute atomic E-state index is 13.5. The van der Waals surface area contributed by atoms with Crippen molar-refractivity contribution >= 4 is 0 Å². The Bertz CT molecular complexity index is 311. The quantitative estimate of drug-likeness (QED) is 0.785. The van der Waals surface area contributed by atoms with Gasteiger partial charge in [-0.05, 0) is 31.5 Å². The molecule has 16 heavy (non-hydrogen) atoms. The molecule has 1 rings (SSSR count). The molecule has 1 unspecified atom stereocenters. The third kappa shape index (κ3) is 3.25. The molecule has 1 atom stereocenters. The van der Waals surface area contributed by atoms with Crippen LogP contribution >= 0.6 is 0 Å². The average molecular weight is 229 g/mol. The first-order chi connectivity index (χ1) is 7.70. The van der Waals surface area contributed by atoms with Crippen molar-refractivity contribution in [3.63, 3.8) is 0 Å². The fraction of sp³-hybridized carbons (Fsp3) is 0.500. The predicted octanol–water partition coefficient (Wildman–Crippen LogP) is 2.39. The third-order valence-electron chi connectivity index (χ3n) is 2.41. The molecule has 0 heterocycles. The smallest absolute Gasteiger partial charge is 0.130 e. The van der Waals surface area contributed by atoms with Gasteiger partial charge in [0.2, 0.25) is 0 Å². The molecule has 0 bridgehead atoms. The van der Waals surface area contributed by atoms with E-state index in [9.17, 15) is 8.78 Å². The standard InChI is InChI=1S/C12H17F2NO/c1-2-7-15-11(6-8-16)12-9(13)4-3-5-10(12)14/h3-5,11,15-16H,2,6-8H2,1H3. The summed E-state index contributed by atoms with van der Waals surface area (Å²) in [5.74, 6) is -1.14. The molecule has 0 aliphatic rings. The van der Waals surface area contributed by atoms with E-state index in [4.69, 9.17) is 5.11 Å². The molecule has 2 nitrogen and oxygen atoms in total. The Morgan fingerprint density at radius 3 is 2.44 bits per heavy atom. The van der Waals surface area contributed by atoms with E-state index in [0.717, 1.165) is 6.42 Å². The van der Waals surface area contributed by atoms with E-state index in [1.807, 2.05) is 6.92 Å². The van der Waals surface area contributed by atoms with Gasteiger partial charge in [-0.15, -0.1) is 0 Å². The van der Waals surface area contributed by atoms with Gasteiger partial charge in [0.25, 0.3) is 0 Å². The number of halogens is 2. The second-order valence-electron chi connectivity index (χ2n) is 3.65. The second-order valence-corrected chi connectivity index (χ2v) is 3.65. The lowest BCUT2D eigenvalue weighted by Gasteiger charge is -2.19. The van der Waals surface area contributed by atoms with E-state index in [1.54, 1.807) is 0 Å². The average Bonchev–Trinajstić information content (AvgIpc) is 2.25. The fourth-order valence-electron chi connectivity index (χ4n) is 1.64. The van der Waals surface area contributed by atoms with Crippen LogP contribution in [-0.4, -0.2) is 18.3 Å². The van der Waals surface area contributed by atoms with Crippen molar-refractivity contribution in [1.29, 1.82) is 0 Å². The predicted molar refractivity (Wildman–Crippen MR) is 59.1 cm³/mol. The van der Waals surface area contributed by atoms with Crippen LogP contribution in [0.3, 0.4) is 0 Å². The first-order valence-corrected chi connectivity index (χ1v) is 5.48. The molecule has 1 aromatic carbocycles. The molecule has 4 heteroatoms. The second kappa shape index (κ2) is 6.55. The molecule has 0 spiro atoms. The highest BCUT2D eigenvalue weighted by Crippen LogP contribution is 2.23. The summed E-state index contributed by atoms with van der Waals surface area (Å²) >= 11 is 0. The molecular formula is C12H17F2NO. The molecule has 0 aliphatic heterocycles. The van der Waals surface area contributed by atoms with Crippen molar-refractivity contribution in [2.24, 2.45) is 0 Å². The van der Waals surface area contributed by atoms with Crippen molar-refractivity contribution in [3.05, 3.63) is 35.4 Å². The van der Waals surface area contributed by atoms with E-state index < -0.39 is 17.7 Å². The van der Waals surface area contributed by atoms with Crippen molar-refractivity contribution in [2.75, 3.05) is 13.2 Å². The summed E-state index contributed by atoms with van der Waals surface area (Å²) in [6.07, 6.45) is 1.18. The number of benzene rings is 1. The number of aliphatic hydroxyl groups excluding tert-OH is 1. The number of nitrogens with one attached hydrogen (secondary N) is 1. The highest BCUT2D eigenvalue weighted by molar-refractivity contribution is 5.23. The van der Waals surface area contributed by atoms with Crippen LogP contribution < -0.4 is 5.32 Å². The van der Waals surface area contributed by atoms with Gasteiger partial charge in [-0.25, -0.2) is 8.78 Å². The molecule has 1 aromatic rings. The van der Waals surface area contributed by atoms with E-state index in [0.29, 0.717) is 13.0 Å². The maximum atomic E-state index is 13.5. The molecule has 0 fully saturated rings. The summed E-state index contributed by atoms with van der Waals surface area (Å²) in [5.41, 5.74) is 0.0185. The summed E-state index contributed by atoms with van der Waals surface area (Å²) in [6.45, 7) is 2.54. The Kier molecular flexibility index (Phi) is 5.35. The van der Waals surface area contributed by atoms with Crippen LogP contribution in [0.5, 0.6) is 0 Å². The highest BCUT2D eigenvalue weighted by atomic mass is 19.1. The van der Waals surface area contributed by atoms with Gasteiger partial charge in [-0.3, -0.25) is 0 Å². The zero-order chi connectivity index (χ0) is 12.0. The normalized spacial score (nSPS) is 12.8. The molecule has 0 aliphatic carbocycles. The lowest BCUT2D eigenvalue weighted by Crippen LogP contribution is -2.25. The first-order valence-electron chi connectivity index (χ1n) is 5.48. The highest BCUT2D eigenvalue weighted by Gasteiger charge is 2.18. The van der Waals surface area contributed by atoms with Crippen LogP contribution in [0.25, 0.3) is 0 Å². The van der Waals surface area contributed by atoms with Gasteiger partial charge >= 0.3 is 0 Å². The number of rotatable bonds is 6. The van der Waals surface area contributed by atoms with Crippen LogP contribution in [0.4, 0.5) is 8.78 Å². The zero-order valence-corrected chi connectivity index (χ0v) is 9.34. The fourth-order valence-corrected chi connectivity index (χ4v) is 1.64. The number of hydrogen-bond donors (Lipinski definition) is 2. The number of aliphatic hydroxyl groups is 1.